The summed E-state index contributed by atoms with van der Waals surface area (Å²) in [7, 11) is 1.57. The first-order valence-corrected chi connectivity index (χ1v) is 7.55. The molecule has 0 N–H and O–H groups in total. The minimum atomic E-state index is -0.561. The zero-order valence-electron chi connectivity index (χ0n) is 13.1. The van der Waals surface area contributed by atoms with Crippen molar-refractivity contribution in [3.8, 4) is 22.8 Å². The Bertz CT molecular complexity index is 871. The maximum absolute atomic E-state index is 12.6. The van der Waals surface area contributed by atoms with Crippen molar-refractivity contribution in [3.05, 3.63) is 64.9 Å². The van der Waals surface area contributed by atoms with Gasteiger partial charge >= 0.3 is 5.97 Å². The maximum atomic E-state index is 12.6. The fourth-order valence-electron chi connectivity index (χ4n) is 2.25. The summed E-state index contributed by atoms with van der Waals surface area (Å²) in [6, 6.07) is 13.8. The lowest BCUT2D eigenvalue weighted by molar-refractivity contribution is 0.0733. The van der Waals surface area contributed by atoms with E-state index in [0.717, 1.165) is 0 Å². The summed E-state index contributed by atoms with van der Waals surface area (Å²) in [5, 5.41) is 4.43. The van der Waals surface area contributed by atoms with E-state index < -0.39 is 5.97 Å². The van der Waals surface area contributed by atoms with Gasteiger partial charge in [-0.25, -0.2) is 4.79 Å². The molecule has 5 nitrogen and oxygen atoms in total. The molecule has 0 saturated heterocycles. The lowest BCUT2D eigenvalue weighted by Gasteiger charge is -2.06. The summed E-state index contributed by atoms with van der Waals surface area (Å²) in [6.07, 6.45) is 0. The van der Waals surface area contributed by atoms with E-state index in [-0.39, 0.29) is 5.56 Å². The number of aryl methyl sites for hydroxylation is 1. The number of carbonyl (C=O) groups excluding carboxylic acids is 1. The number of aromatic nitrogens is 1. The zero-order chi connectivity index (χ0) is 17.1. The van der Waals surface area contributed by atoms with Crippen molar-refractivity contribution in [1.29, 1.82) is 0 Å². The van der Waals surface area contributed by atoms with Crippen LogP contribution >= 0.6 is 11.6 Å². The summed E-state index contributed by atoms with van der Waals surface area (Å²) < 4.78 is 15.6. The Morgan fingerprint density at radius 3 is 2.42 bits per heavy atom. The number of hydrogen-bond acceptors (Lipinski definition) is 5. The molecule has 0 spiro atoms. The average Bonchev–Trinajstić information content (AvgIpc) is 2.97. The van der Waals surface area contributed by atoms with Crippen molar-refractivity contribution in [1.82, 2.24) is 5.16 Å². The molecule has 0 amide bonds. The third-order valence-electron chi connectivity index (χ3n) is 3.47. The number of methoxy groups -OCH3 is 1. The molecule has 0 radical (unpaired) electrons. The lowest BCUT2D eigenvalue weighted by atomic mass is 10.1. The highest BCUT2D eigenvalue weighted by atomic mass is 35.5. The number of ether oxygens (including phenoxy) is 2. The first-order chi connectivity index (χ1) is 11.6. The van der Waals surface area contributed by atoms with Gasteiger partial charge < -0.3 is 14.0 Å². The smallest absolute Gasteiger partial charge is 0.349 e. The SMILES string of the molecule is COc1ccc(OC(=O)c2c(-c3ccccc3Cl)noc2C)cc1. The molecule has 1 aromatic heterocycles. The van der Waals surface area contributed by atoms with E-state index >= 15 is 0 Å². The van der Waals surface area contributed by atoms with Gasteiger partial charge in [-0.05, 0) is 37.3 Å². The van der Waals surface area contributed by atoms with Gasteiger partial charge in [-0.3, -0.25) is 0 Å². The Labute approximate surface area is 143 Å². The molecule has 0 bridgehead atoms. The number of esters is 1. The minimum absolute atomic E-state index is 0.249. The van der Waals surface area contributed by atoms with Gasteiger partial charge in [0.1, 0.15) is 28.5 Å². The number of carbonyl (C=O) groups is 1. The van der Waals surface area contributed by atoms with Crippen molar-refractivity contribution < 1.29 is 18.8 Å². The minimum Gasteiger partial charge on any atom is -0.497 e. The van der Waals surface area contributed by atoms with Crippen LogP contribution in [0.1, 0.15) is 16.1 Å². The van der Waals surface area contributed by atoms with Gasteiger partial charge in [-0.2, -0.15) is 0 Å². The average molecular weight is 344 g/mol. The fraction of sp³-hybridized carbons (Fsp3) is 0.111. The van der Waals surface area contributed by atoms with Gasteiger partial charge in [-0.15, -0.1) is 0 Å². The first kappa shape index (κ1) is 16.1. The fourth-order valence-corrected chi connectivity index (χ4v) is 2.48. The molecule has 0 aliphatic heterocycles. The highest BCUT2D eigenvalue weighted by Crippen LogP contribution is 2.31. The quantitative estimate of drug-likeness (QED) is 0.514. The van der Waals surface area contributed by atoms with Gasteiger partial charge in [0.25, 0.3) is 0 Å². The van der Waals surface area contributed by atoms with E-state index in [1.165, 1.54) is 0 Å². The van der Waals surface area contributed by atoms with Gasteiger partial charge in [0, 0.05) is 5.56 Å². The molecule has 0 fully saturated rings. The van der Waals surface area contributed by atoms with Gasteiger partial charge in [0.15, 0.2) is 0 Å². The Hall–Kier alpha value is -2.79. The van der Waals surface area contributed by atoms with Crippen LogP contribution in [0.5, 0.6) is 11.5 Å². The number of benzene rings is 2. The van der Waals surface area contributed by atoms with E-state index in [9.17, 15) is 4.79 Å². The number of hydrogen-bond donors (Lipinski definition) is 0. The summed E-state index contributed by atoms with van der Waals surface area (Å²) in [5.74, 6) is 0.872. The van der Waals surface area contributed by atoms with E-state index in [0.29, 0.717) is 33.5 Å². The molecule has 0 atom stereocenters. The van der Waals surface area contributed by atoms with Gasteiger partial charge in [0.05, 0.1) is 12.1 Å². The maximum Gasteiger partial charge on any atom is 0.349 e. The van der Waals surface area contributed by atoms with Crippen LogP contribution < -0.4 is 9.47 Å². The second kappa shape index (κ2) is 6.76. The molecule has 0 unspecified atom stereocenters. The first-order valence-electron chi connectivity index (χ1n) is 7.17. The summed E-state index contributed by atoms with van der Waals surface area (Å²) in [6.45, 7) is 1.65. The van der Waals surface area contributed by atoms with Crippen molar-refractivity contribution in [2.45, 2.75) is 6.92 Å². The van der Waals surface area contributed by atoms with Gasteiger partial charge in [0.2, 0.25) is 0 Å². The molecule has 3 rings (SSSR count). The van der Waals surface area contributed by atoms with Crippen LogP contribution in [-0.2, 0) is 0 Å². The van der Waals surface area contributed by atoms with Crippen LogP contribution in [0, 0.1) is 6.92 Å². The second-order valence-electron chi connectivity index (χ2n) is 5.01. The molecule has 0 aliphatic carbocycles. The Morgan fingerprint density at radius 1 is 1.08 bits per heavy atom. The monoisotopic (exact) mass is 343 g/mol. The van der Waals surface area contributed by atoms with Crippen LogP contribution in [0.25, 0.3) is 11.3 Å². The number of rotatable bonds is 4. The molecule has 3 aromatic rings. The van der Waals surface area contributed by atoms with Crippen LogP contribution in [0.4, 0.5) is 0 Å². The van der Waals surface area contributed by atoms with Crippen molar-refractivity contribution >= 4 is 17.6 Å². The standard InChI is InChI=1S/C18H14ClNO4/c1-11-16(17(20-24-11)14-5-3-4-6-15(14)19)18(21)23-13-9-7-12(22-2)8-10-13/h3-10H,1-2H3. The third-order valence-corrected chi connectivity index (χ3v) is 3.80. The highest BCUT2D eigenvalue weighted by Gasteiger charge is 2.24. The zero-order valence-corrected chi connectivity index (χ0v) is 13.8. The van der Waals surface area contributed by atoms with E-state index in [1.807, 2.05) is 6.07 Å². The predicted molar refractivity (Wildman–Crippen MR) is 89.6 cm³/mol. The second-order valence-corrected chi connectivity index (χ2v) is 5.41. The molecule has 0 saturated carbocycles. The normalized spacial score (nSPS) is 10.5. The Kier molecular flexibility index (Phi) is 4.53. The van der Waals surface area contributed by atoms with Gasteiger partial charge in [-0.1, -0.05) is 35.0 Å². The predicted octanol–water partition coefficient (Wildman–Crippen LogP) is 4.53. The van der Waals surface area contributed by atoms with E-state index in [4.69, 9.17) is 25.6 Å². The van der Waals surface area contributed by atoms with E-state index in [1.54, 1.807) is 56.5 Å². The van der Waals surface area contributed by atoms with Crippen molar-refractivity contribution in [2.75, 3.05) is 7.11 Å². The molecular formula is C18H14ClNO4. The largest absolute Gasteiger partial charge is 0.497 e. The van der Waals surface area contributed by atoms with Crippen LogP contribution in [0.3, 0.4) is 0 Å². The Morgan fingerprint density at radius 2 is 1.75 bits per heavy atom. The molecule has 2 aromatic carbocycles. The summed E-state index contributed by atoms with van der Waals surface area (Å²) >= 11 is 6.19. The number of nitrogens with zero attached hydrogens (tertiary/aromatic N) is 1. The molecule has 1 heterocycles. The molecule has 6 heteroatoms. The lowest BCUT2D eigenvalue weighted by Crippen LogP contribution is -2.10. The molecule has 24 heavy (non-hydrogen) atoms. The summed E-state index contributed by atoms with van der Waals surface area (Å²) in [5.41, 5.74) is 1.22. The Balaban J connectivity index is 1.93. The van der Waals surface area contributed by atoms with Crippen LogP contribution in [-0.4, -0.2) is 18.2 Å². The summed E-state index contributed by atoms with van der Waals surface area (Å²) in [4.78, 5) is 12.6. The molecule has 0 aliphatic rings. The third kappa shape index (κ3) is 3.12. The van der Waals surface area contributed by atoms with Crippen molar-refractivity contribution in [2.24, 2.45) is 0 Å². The molecule has 122 valence electrons. The number of halogens is 1. The van der Waals surface area contributed by atoms with Crippen LogP contribution in [0.2, 0.25) is 5.02 Å². The molecular weight excluding hydrogens is 330 g/mol. The van der Waals surface area contributed by atoms with Crippen LogP contribution in [0.15, 0.2) is 53.1 Å². The van der Waals surface area contributed by atoms with E-state index in [2.05, 4.69) is 5.16 Å². The topological polar surface area (TPSA) is 61.6 Å². The highest BCUT2D eigenvalue weighted by molar-refractivity contribution is 6.33. The van der Waals surface area contributed by atoms with Crippen molar-refractivity contribution in [3.63, 3.8) is 0 Å².